The van der Waals surface area contributed by atoms with E-state index in [1.54, 1.807) is 25.1 Å². The molecular weight excluding hydrogens is 182 g/mol. The van der Waals surface area contributed by atoms with Crippen LogP contribution in [-0.4, -0.2) is 17.5 Å². The molecule has 0 spiro atoms. The Morgan fingerprint density at radius 3 is 2.71 bits per heavy atom. The van der Waals surface area contributed by atoms with Crippen molar-refractivity contribution in [1.29, 1.82) is 0 Å². The molecule has 0 bridgehead atoms. The SMILES string of the molecule is CC(N[C]=O)c1ccccc1C(=O)O. The zero-order valence-corrected chi connectivity index (χ0v) is 7.65. The molecular formula is C10H10NO3. The molecule has 0 fully saturated rings. The number of benzene rings is 1. The second kappa shape index (κ2) is 4.41. The van der Waals surface area contributed by atoms with E-state index in [0.717, 1.165) is 0 Å². The molecule has 4 heteroatoms. The maximum Gasteiger partial charge on any atom is 0.336 e. The molecule has 73 valence electrons. The molecule has 1 aromatic carbocycles. The summed E-state index contributed by atoms with van der Waals surface area (Å²) < 4.78 is 0. The van der Waals surface area contributed by atoms with Crippen molar-refractivity contribution < 1.29 is 14.7 Å². The number of carbonyl (C=O) groups excluding carboxylic acids is 1. The molecule has 0 aliphatic heterocycles. The summed E-state index contributed by atoms with van der Waals surface area (Å²) >= 11 is 0. The van der Waals surface area contributed by atoms with Crippen LogP contribution in [0.2, 0.25) is 0 Å². The molecule has 1 atom stereocenters. The van der Waals surface area contributed by atoms with Crippen LogP contribution in [0.25, 0.3) is 0 Å². The predicted octanol–water partition coefficient (Wildman–Crippen LogP) is 1.10. The summed E-state index contributed by atoms with van der Waals surface area (Å²) in [7, 11) is 0. The van der Waals surface area contributed by atoms with Gasteiger partial charge in [0.2, 0.25) is 0 Å². The lowest BCUT2D eigenvalue weighted by atomic mass is 10.0. The van der Waals surface area contributed by atoms with Gasteiger partial charge in [0.15, 0.2) is 0 Å². The second-order valence-corrected chi connectivity index (χ2v) is 2.86. The molecule has 0 aromatic heterocycles. The van der Waals surface area contributed by atoms with E-state index in [2.05, 4.69) is 5.32 Å². The van der Waals surface area contributed by atoms with Gasteiger partial charge in [-0.2, -0.15) is 0 Å². The molecule has 0 saturated carbocycles. The van der Waals surface area contributed by atoms with Gasteiger partial charge in [0, 0.05) is 0 Å². The lowest BCUT2D eigenvalue weighted by Crippen LogP contribution is -2.18. The van der Waals surface area contributed by atoms with E-state index in [4.69, 9.17) is 5.11 Å². The molecule has 14 heavy (non-hydrogen) atoms. The third-order valence-electron chi connectivity index (χ3n) is 1.93. The number of carboxylic acid groups (broad SMARTS) is 1. The molecule has 4 nitrogen and oxygen atoms in total. The first-order chi connectivity index (χ1) is 6.66. The van der Waals surface area contributed by atoms with Crippen molar-refractivity contribution in [3.05, 3.63) is 35.4 Å². The number of amides is 1. The molecule has 0 heterocycles. The number of hydrogen-bond acceptors (Lipinski definition) is 2. The predicted molar refractivity (Wildman–Crippen MR) is 50.6 cm³/mol. The Morgan fingerprint density at radius 1 is 1.50 bits per heavy atom. The van der Waals surface area contributed by atoms with Crippen LogP contribution >= 0.6 is 0 Å². The van der Waals surface area contributed by atoms with E-state index in [1.807, 2.05) is 0 Å². The normalized spacial score (nSPS) is 11.8. The third kappa shape index (κ3) is 2.10. The van der Waals surface area contributed by atoms with Gasteiger partial charge < -0.3 is 10.4 Å². The number of aromatic carboxylic acids is 1. The van der Waals surface area contributed by atoms with Gasteiger partial charge in [0.25, 0.3) is 0 Å². The van der Waals surface area contributed by atoms with Gasteiger partial charge in [-0.05, 0) is 18.6 Å². The van der Waals surface area contributed by atoms with Crippen molar-refractivity contribution in [2.75, 3.05) is 0 Å². The van der Waals surface area contributed by atoms with Crippen LogP contribution in [-0.2, 0) is 4.79 Å². The molecule has 0 saturated heterocycles. The van der Waals surface area contributed by atoms with Gasteiger partial charge in [0.1, 0.15) is 0 Å². The number of nitrogens with one attached hydrogen (secondary N) is 1. The lowest BCUT2D eigenvalue weighted by Gasteiger charge is -2.12. The Labute approximate surface area is 81.6 Å². The summed E-state index contributed by atoms with van der Waals surface area (Å²) in [6.07, 6.45) is 1.54. The summed E-state index contributed by atoms with van der Waals surface area (Å²) in [4.78, 5) is 20.9. The van der Waals surface area contributed by atoms with E-state index >= 15 is 0 Å². The van der Waals surface area contributed by atoms with Gasteiger partial charge >= 0.3 is 12.4 Å². The highest BCUT2D eigenvalue weighted by Gasteiger charge is 2.13. The highest BCUT2D eigenvalue weighted by molar-refractivity contribution is 5.89. The summed E-state index contributed by atoms with van der Waals surface area (Å²) in [6.45, 7) is 1.70. The first kappa shape index (κ1) is 10.2. The Morgan fingerprint density at radius 2 is 2.14 bits per heavy atom. The molecule has 1 amide bonds. The zero-order chi connectivity index (χ0) is 10.6. The van der Waals surface area contributed by atoms with Crippen molar-refractivity contribution in [2.24, 2.45) is 0 Å². The number of rotatable bonds is 4. The maximum absolute atomic E-state index is 10.8. The van der Waals surface area contributed by atoms with Crippen LogP contribution in [0.15, 0.2) is 24.3 Å². The first-order valence-electron chi connectivity index (χ1n) is 4.11. The molecule has 1 rings (SSSR count). The fourth-order valence-electron chi connectivity index (χ4n) is 1.24. The Bertz CT molecular complexity index is 349. The van der Waals surface area contributed by atoms with E-state index in [1.165, 1.54) is 12.5 Å². The Balaban J connectivity index is 3.06. The van der Waals surface area contributed by atoms with Crippen molar-refractivity contribution in [3.63, 3.8) is 0 Å². The lowest BCUT2D eigenvalue weighted by molar-refractivity contribution is 0.0695. The van der Waals surface area contributed by atoms with Gasteiger partial charge in [-0.3, -0.25) is 4.79 Å². The fraction of sp³-hybridized carbons (Fsp3) is 0.200. The van der Waals surface area contributed by atoms with E-state index < -0.39 is 5.97 Å². The van der Waals surface area contributed by atoms with Crippen molar-refractivity contribution in [2.45, 2.75) is 13.0 Å². The number of carbonyl (C=O) groups is 1. The zero-order valence-electron chi connectivity index (χ0n) is 7.65. The quantitative estimate of drug-likeness (QED) is 0.702. The minimum atomic E-state index is -1.000. The molecule has 0 aliphatic carbocycles. The average Bonchev–Trinajstić information content (AvgIpc) is 2.18. The first-order valence-corrected chi connectivity index (χ1v) is 4.11. The Hall–Kier alpha value is -1.84. The van der Waals surface area contributed by atoms with Gasteiger partial charge in [-0.25, -0.2) is 4.79 Å². The van der Waals surface area contributed by atoms with Crippen molar-refractivity contribution in [3.8, 4) is 0 Å². The molecule has 1 unspecified atom stereocenters. The number of hydrogen-bond donors (Lipinski definition) is 2. The van der Waals surface area contributed by atoms with Gasteiger partial charge in [-0.1, -0.05) is 18.2 Å². The molecule has 2 N–H and O–H groups in total. The molecule has 1 aromatic rings. The molecule has 1 radical (unpaired) electrons. The van der Waals surface area contributed by atoms with E-state index in [9.17, 15) is 9.59 Å². The van der Waals surface area contributed by atoms with Crippen molar-refractivity contribution in [1.82, 2.24) is 5.32 Å². The average molecular weight is 192 g/mol. The minimum Gasteiger partial charge on any atom is -0.478 e. The number of carboxylic acids is 1. The Kier molecular flexibility index (Phi) is 3.23. The minimum absolute atomic E-state index is 0.197. The van der Waals surface area contributed by atoms with Crippen LogP contribution in [0.4, 0.5) is 0 Å². The second-order valence-electron chi connectivity index (χ2n) is 2.86. The van der Waals surface area contributed by atoms with Gasteiger partial charge in [0.05, 0.1) is 11.6 Å². The highest BCUT2D eigenvalue weighted by atomic mass is 16.4. The van der Waals surface area contributed by atoms with Crippen LogP contribution in [0.1, 0.15) is 28.9 Å². The van der Waals surface area contributed by atoms with Crippen LogP contribution < -0.4 is 5.32 Å². The van der Waals surface area contributed by atoms with Crippen LogP contribution in [0, 0.1) is 0 Å². The third-order valence-corrected chi connectivity index (χ3v) is 1.93. The van der Waals surface area contributed by atoms with Gasteiger partial charge in [-0.15, -0.1) is 0 Å². The highest BCUT2D eigenvalue weighted by Crippen LogP contribution is 2.16. The maximum atomic E-state index is 10.8. The monoisotopic (exact) mass is 192 g/mol. The largest absolute Gasteiger partial charge is 0.478 e. The van der Waals surface area contributed by atoms with E-state index in [-0.39, 0.29) is 11.6 Å². The molecule has 0 aliphatic rings. The summed E-state index contributed by atoms with van der Waals surface area (Å²) in [5, 5.41) is 11.2. The van der Waals surface area contributed by atoms with E-state index in [0.29, 0.717) is 5.56 Å². The summed E-state index contributed by atoms with van der Waals surface area (Å²) in [5.41, 5.74) is 0.770. The van der Waals surface area contributed by atoms with Crippen molar-refractivity contribution >= 4 is 12.4 Å². The summed E-state index contributed by atoms with van der Waals surface area (Å²) in [5.74, 6) is -1.000. The van der Waals surface area contributed by atoms with Crippen LogP contribution in [0.3, 0.4) is 0 Å². The standard InChI is InChI=1S/C10H10NO3/c1-7(11-6-12)8-4-2-3-5-9(8)10(13)14/h2-5,7H,1H3,(H,11,12)(H,13,14). The topological polar surface area (TPSA) is 66.4 Å². The smallest absolute Gasteiger partial charge is 0.336 e. The summed E-state index contributed by atoms with van der Waals surface area (Å²) in [6, 6.07) is 6.19. The fourth-order valence-corrected chi connectivity index (χ4v) is 1.24. The van der Waals surface area contributed by atoms with Crippen LogP contribution in [0.5, 0.6) is 0 Å².